The molecule has 160 valence electrons. The molecule has 1 aliphatic heterocycles. The van der Waals surface area contributed by atoms with Gasteiger partial charge in [-0.2, -0.15) is 0 Å². The summed E-state index contributed by atoms with van der Waals surface area (Å²) >= 11 is 5.90. The van der Waals surface area contributed by atoms with Crippen LogP contribution in [0.25, 0.3) is 0 Å². The lowest BCUT2D eigenvalue weighted by molar-refractivity contribution is -0.131. The minimum atomic E-state index is -0.183. The average Bonchev–Trinajstić information content (AvgIpc) is 2.75. The van der Waals surface area contributed by atoms with Crippen LogP contribution >= 0.6 is 11.6 Å². The molecule has 0 saturated carbocycles. The van der Waals surface area contributed by atoms with E-state index in [-0.39, 0.29) is 18.0 Å². The van der Waals surface area contributed by atoms with Crippen molar-refractivity contribution < 1.29 is 14.3 Å². The fraction of sp³-hybridized carbons (Fsp3) is 0.391. The Bertz CT molecular complexity index is 893. The fourth-order valence-electron chi connectivity index (χ4n) is 3.59. The van der Waals surface area contributed by atoms with Gasteiger partial charge in [0.1, 0.15) is 5.75 Å². The van der Waals surface area contributed by atoms with Crippen LogP contribution in [0, 0.1) is 6.92 Å². The second-order valence-corrected chi connectivity index (χ2v) is 8.02. The molecule has 30 heavy (non-hydrogen) atoms. The van der Waals surface area contributed by atoms with Crippen LogP contribution in [0.5, 0.6) is 5.75 Å². The molecular weight excluding hydrogens is 402 g/mol. The zero-order valence-electron chi connectivity index (χ0n) is 17.7. The van der Waals surface area contributed by atoms with Crippen LogP contribution in [0.1, 0.15) is 29.7 Å². The molecule has 0 spiro atoms. The van der Waals surface area contributed by atoms with E-state index in [9.17, 15) is 9.59 Å². The molecule has 7 heteroatoms. The summed E-state index contributed by atoms with van der Waals surface area (Å²) < 4.78 is 5.43. The maximum atomic E-state index is 12.7. The summed E-state index contributed by atoms with van der Waals surface area (Å²) in [6.45, 7) is 6.04. The first-order chi connectivity index (χ1) is 14.4. The summed E-state index contributed by atoms with van der Waals surface area (Å²) in [6, 6.07) is 12.9. The Morgan fingerprint density at radius 1 is 1.07 bits per heavy atom. The molecule has 3 amide bonds. The first-order valence-electron chi connectivity index (χ1n) is 10.1. The van der Waals surface area contributed by atoms with Crippen molar-refractivity contribution in [3.05, 3.63) is 64.2 Å². The number of ether oxygens (including phenoxy) is 1. The van der Waals surface area contributed by atoms with Crippen LogP contribution in [0.15, 0.2) is 42.5 Å². The maximum absolute atomic E-state index is 12.7. The molecule has 2 aromatic rings. The molecular formula is C23H28ClN3O3. The molecule has 2 aromatic carbocycles. The number of nitrogens with zero attached hydrogens (tertiary/aromatic N) is 2. The van der Waals surface area contributed by atoms with Gasteiger partial charge < -0.3 is 19.9 Å². The third kappa shape index (κ3) is 5.45. The minimum Gasteiger partial charge on any atom is -0.496 e. The number of halogens is 1. The van der Waals surface area contributed by atoms with Gasteiger partial charge in [-0.1, -0.05) is 41.4 Å². The normalized spacial score (nSPS) is 14.9. The number of piperazine rings is 1. The molecule has 1 fully saturated rings. The maximum Gasteiger partial charge on any atom is 0.317 e. The van der Waals surface area contributed by atoms with E-state index >= 15 is 0 Å². The van der Waals surface area contributed by atoms with Crippen molar-refractivity contribution in [3.8, 4) is 5.75 Å². The Morgan fingerprint density at radius 3 is 2.33 bits per heavy atom. The quantitative estimate of drug-likeness (QED) is 0.786. The highest BCUT2D eigenvalue weighted by Gasteiger charge is 2.25. The molecule has 1 atom stereocenters. The van der Waals surface area contributed by atoms with Gasteiger partial charge in [0.05, 0.1) is 19.6 Å². The summed E-state index contributed by atoms with van der Waals surface area (Å²) in [4.78, 5) is 28.8. The van der Waals surface area contributed by atoms with Crippen molar-refractivity contribution in [3.63, 3.8) is 0 Å². The third-order valence-corrected chi connectivity index (χ3v) is 5.63. The van der Waals surface area contributed by atoms with Gasteiger partial charge in [-0.3, -0.25) is 4.79 Å². The number of benzene rings is 2. The van der Waals surface area contributed by atoms with Gasteiger partial charge in [-0.25, -0.2) is 4.79 Å². The lowest BCUT2D eigenvalue weighted by atomic mass is 10.0. The van der Waals surface area contributed by atoms with Crippen LogP contribution in [-0.2, 0) is 11.2 Å². The Kier molecular flexibility index (Phi) is 7.21. The van der Waals surface area contributed by atoms with E-state index < -0.39 is 0 Å². The average molecular weight is 430 g/mol. The molecule has 0 radical (unpaired) electrons. The predicted octanol–water partition coefficient (Wildman–Crippen LogP) is 3.81. The number of carbonyl (C=O) groups excluding carboxylic acids is 2. The number of rotatable bonds is 5. The molecule has 1 N–H and O–H groups in total. The van der Waals surface area contributed by atoms with E-state index in [0.29, 0.717) is 37.6 Å². The smallest absolute Gasteiger partial charge is 0.317 e. The summed E-state index contributed by atoms with van der Waals surface area (Å²) in [5, 5.41) is 3.70. The van der Waals surface area contributed by atoms with E-state index in [2.05, 4.69) is 5.32 Å². The number of amides is 3. The second-order valence-electron chi connectivity index (χ2n) is 7.59. The van der Waals surface area contributed by atoms with Crippen molar-refractivity contribution in [2.45, 2.75) is 26.3 Å². The van der Waals surface area contributed by atoms with Crippen LogP contribution in [0.3, 0.4) is 0 Å². The highest BCUT2D eigenvalue weighted by Crippen LogP contribution is 2.26. The summed E-state index contributed by atoms with van der Waals surface area (Å²) in [5.41, 5.74) is 2.99. The number of carbonyl (C=O) groups is 2. The van der Waals surface area contributed by atoms with Crippen molar-refractivity contribution in [1.82, 2.24) is 15.1 Å². The molecule has 6 nitrogen and oxygen atoms in total. The molecule has 0 aliphatic carbocycles. The molecule has 0 aromatic heterocycles. The number of urea groups is 1. The first kappa shape index (κ1) is 22.0. The molecule has 1 unspecified atom stereocenters. The Labute approximate surface area is 182 Å². The molecule has 1 heterocycles. The Balaban J connectivity index is 1.52. The van der Waals surface area contributed by atoms with Gasteiger partial charge >= 0.3 is 6.03 Å². The van der Waals surface area contributed by atoms with Crippen LogP contribution in [0.4, 0.5) is 4.79 Å². The van der Waals surface area contributed by atoms with Crippen molar-refractivity contribution in [2.24, 2.45) is 0 Å². The number of hydrogen-bond acceptors (Lipinski definition) is 3. The van der Waals surface area contributed by atoms with Gasteiger partial charge in [0.15, 0.2) is 0 Å². The van der Waals surface area contributed by atoms with Gasteiger partial charge in [-0.05, 0) is 37.6 Å². The van der Waals surface area contributed by atoms with Crippen molar-refractivity contribution >= 4 is 23.5 Å². The molecule has 0 bridgehead atoms. The van der Waals surface area contributed by atoms with Gasteiger partial charge in [0.25, 0.3) is 0 Å². The molecule has 1 aliphatic rings. The van der Waals surface area contributed by atoms with Gasteiger partial charge in [0.2, 0.25) is 5.91 Å². The lowest BCUT2D eigenvalue weighted by Gasteiger charge is -2.35. The number of hydrogen-bond donors (Lipinski definition) is 1. The Hall–Kier alpha value is -2.73. The second kappa shape index (κ2) is 9.85. The largest absolute Gasteiger partial charge is 0.496 e. The zero-order chi connectivity index (χ0) is 21.7. The SMILES string of the molecule is COc1ccc(C)cc1C(C)NC(=O)N1CCN(C(=O)Cc2ccc(Cl)cc2)CC1. The standard InChI is InChI=1S/C23H28ClN3O3/c1-16-4-9-21(30-3)20(14-16)17(2)25-23(29)27-12-10-26(11-13-27)22(28)15-18-5-7-19(24)8-6-18/h4-9,14,17H,10-13,15H2,1-3H3,(H,25,29). The van der Waals surface area contributed by atoms with Crippen molar-refractivity contribution in [1.29, 1.82) is 0 Å². The predicted molar refractivity (Wildman–Crippen MR) is 118 cm³/mol. The monoisotopic (exact) mass is 429 g/mol. The third-order valence-electron chi connectivity index (χ3n) is 5.38. The van der Waals surface area contributed by atoms with Gasteiger partial charge in [-0.15, -0.1) is 0 Å². The topological polar surface area (TPSA) is 61.9 Å². The zero-order valence-corrected chi connectivity index (χ0v) is 18.4. The van der Waals surface area contributed by atoms with E-state index in [1.165, 1.54) is 0 Å². The summed E-state index contributed by atoms with van der Waals surface area (Å²) in [5.74, 6) is 0.821. The molecule has 1 saturated heterocycles. The minimum absolute atomic E-state index is 0.0650. The van der Waals surface area contributed by atoms with Crippen molar-refractivity contribution in [2.75, 3.05) is 33.3 Å². The highest BCUT2D eigenvalue weighted by molar-refractivity contribution is 6.30. The molecule has 3 rings (SSSR count). The van der Waals surface area contributed by atoms with E-state index in [1.807, 2.05) is 49.1 Å². The highest BCUT2D eigenvalue weighted by atomic mass is 35.5. The summed E-state index contributed by atoms with van der Waals surface area (Å²) in [6.07, 6.45) is 0.341. The van der Waals surface area contributed by atoms with Crippen LogP contribution in [0.2, 0.25) is 5.02 Å². The van der Waals surface area contributed by atoms with Crippen LogP contribution < -0.4 is 10.1 Å². The van der Waals surface area contributed by atoms with Crippen LogP contribution in [-0.4, -0.2) is 55.0 Å². The number of methoxy groups -OCH3 is 1. The number of nitrogens with one attached hydrogen (secondary N) is 1. The van der Waals surface area contributed by atoms with E-state index in [4.69, 9.17) is 16.3 Å². The Morgan fingerprint density at radius 2 is 1.70 bits per heavy atom. The number of aryl methyl sites for hydroxylation is 1. The fourth-order valence-corrected chi connectivity index (χ4v) is 3.72. The van der Waals surface area contributed by atoms with E-state index in [1.54, 1.807) is 24.1 Å². The summed E-state index contributed by atoms with van der Waals surface area (Å²) in [7, 11) is 1.63. The van der Waals surface area contributed by atoms with E-state index in [0.717, 1.165) is 22.4 Å². The van der Waals surface area contributed by atoms with Gasteiger partial charge in [0, 0.05) is 36.8 Å². The first-order valence-corrected chi connectivity index (χ1v) is 10.5. The lowest BCUT2D eigenvalue weighted by Crippen LogP contribution is -2.53.